The topological polar surface area (TPSA) is 24.9 Å². The summed E-state index contributed by atoms with van der Waals surface area (Å²) in [4.78, 5) is 4.43. The lowest BCUT2D eigenvalue weighted by atomic mass is 10.1. The van der Waals surface area contributed by atoms with Crippen LogP contribution in [0.15, 0.2) is 60.8 Å². The summed E-state index contributed by atoms with van der Waals surface area (Å²) in [6.07, 6.45) is 2.56. The minimum Gasteiger partial charge on any atom is -0.380 e. The van der Waals surface area contributed by atoms with Gasteiger partial charge < -0.3 is 5.32 Å². The molecule has 1 atom stereocenters. The number of fused-ring (bicyclic) bond motifs is 1. The van der Waals surface area contributed by atoms with Gasteiger partial charge in [-0.15, -0.1) is 0 Å². The Morgan fingerprint density at radius 1 is 1.10 bits per heavy atom. The van der Waals surface area contributed by atoms with Crippen molar-refractivity contribution in [2.75, 3.05) is 5.32 Å². The van der Waals surface area contributed by atoms with E-state index in [9.17, 15) is 4.39 Å². The molecule has 1 unspecified atom stereocenters. The van der Waals surface area contributed by atoms with Crippen LogP contribution in [0.2, 0.25) is 0 Å². The first kappa shape index (κ1) is 13.6. The first-order chi connectivity index (χ1) is 10.2. The predicted octanol–water partition coefficient (Wildman–Crippen LogP) is 4.42. The number of pyridine rings is 1. The maximum Gasteiger partial charge on any atom is 0.123 e. The van der Waals surface area contributed by atoms with Crippen LogP contribution >= 0.6 is 0 Å². The lowest BCUT2D eigenvalue weighted by Gasteiger charge is -2.16. The number of anilines is 1. The highest BCUT2D eigenvalue weighted by Gasteiger charge is 2.07. The van der Waals surface area contributed by atoms with E-state index in [0.29, 0.717) is 0 Å². The highest BCUT2D eigenvalue weighted by atomic mass is 19.1. The van der Waals surface area contributed by atoms with Gasteiger partial charge in [0.2, 0.25) is 0 Å². The van der Waals surface area contributed by atoms with E-state index in [1.807, 2.05) is 36.4 Å². The van der Waals surface area contributed by atoms with E-state index >= 15 is 0 Å². The Hall–Kier alpha value is -2.42. The van der Waals surface area contributed by atoms with Crippen LogP contribution in [-0.4, -0.2) is 11.0 Å². The minimum absolute atomic E-state index is 0.188. The zero-order valence-electron chi connectivity index (χ0n) is 11.9. The zero-order chi connectivity index (χ0) is 14.7. The van der Waals surface area contributed by atoms with Crippen LogP contribution < -0.4 is 5.32 Å². The Balaban J connectivity index is 1.79. The standard InChI is InChI=1S/C18H17FN2/c1-13(11-14-5-2-8-16(19)12-14)21-17-9-3-6-15-7-4-10-20-18(15)17/h2-10,12-13,21H,11H2,1H3. The number of halogens is 1. The first-order valence-corrected chi connectivity index (χ1v) is 7.07. The number of nitrogens with one attached hydrogen (secondary N) is 1. The minimum atomic E-state index is -0.188. The number of aromatic nitrogens is 1. The van der Waals surface area contributed by atoms with Gasteiger partial charge in [0.25, 0.3) is 0 Å². The molecular weight excluding hydrogens is 263 g/mol. The fraction of sp³-hybridized carbons (Fsp3) is 0.167. The van der Waals surface area contributed by atoms with Crippen molar-refractivity contribution in [2.24, 2.45) is 0 Å². The third kappa shape index (κ3) is 3.19. The SMILES string of the molecule is CC(Cc1cccc(F)c1)Nc1cccc2cccnc12. The third-order valence-electron chi connectivity index (χ3n) is 3.47. The number of para-hydroxylation sites is 1. The number of hydrogen-bond donors (Lipinski definition) is 1. The summed E-state index contributed by atoms with van der Waals surface area (Å²) >= 11 is 0. The smallest absolute Gasteiger partial charge is 0.123 e. The first-order valence-electron chi connectivity index (χ1n) is 7.07. The highest BCUT2D eigenvalue weighted by molar-refractivity contribution is 5.90. The van der Waals surface area contributed by atoms with E-state index in [2.05, 4.69) is 17.2 Å². The summed E-state index contributed by atoms with van der Waals surface area (Å²) in [6.45, 7) is 2.09. The molecule has 1 N–H and O–H groups in total. The van der Waals surface area contributed by atoms with Crippen molar-refractivity contribution in [1.29, 1.82) is 0 Å². The van der Waals surface area contributed by atoms with E-state index in [4.69, 9.17) is 0 Å². The Morgan fingerprint density at radius 3 is 2.76 bits per heavy atom. The monoisotopic (exact) mass is 280 g/mol. The van der Waals surface area contributed by atoms with E-state index in [-0.39, 0.29) is 11.9 Å². The second kappa shape index (κ2) is 5.92. The van der Waals surface area contributed by atoms with Gasteiger partial charge in [-0.2, -0.15) is 0 Å². The molecular formula is C18H17FN2. The second-order valence-corrected chi connectivity index (χ2v) is 5.26. The van der Waals surface area contributed by atoms with E-state index in [1.54, 1.807) is 18.3 Å². The van der Waals surface area contributed by atoms with Gasteiger partial charge in [0, 0.05) is 17.6 Å². The zero-order valence-corrected chi connectivity index (χ0v) is 11.9. The van der Waals surface area contributed by atoms with Crippen LogP contribution in [0.5, 0.6) is 0 Å². The molecule has 1 aromatic heterocycles. The molecule has 0 fully saturated rings. The summed E-state index contributed by atoms with van der Waals surface area (Å²) in [5.74, 6) is -0.188. The van der Waals surface area contributed by atoms with Crippen molar-refractivity contribution in [3.8, 4) is 0 Å². The van der Waals surface area contributed by atoms with E-state index in [1.165, 1.54) is 6.07 Å². The Labute approximate surface area is 123 Å². The van der Waals surface area contributed by atoms with E-state index < -0.39 is 0 Å². The quantitative estimate of drug-likeness (QED) is 0.765. The second-order valence-electron chi connectivity index (χ2n) is 5.26. The Morgan fingerprint density at radius 2 is 1.90 bits per heavy atom. The molecule has 0 saturated carbocycles. The molecule has 0 aliphatic rings. The van der Waals surface area contributed by atoms with Crippen molar-refractivity contribution in [3.63, 3.8) is 0 Å². The number of hydrogen-bond acceptors (Lipinski definition) is 2. The van der Waals surface area contributed by atoms with Crippen LogP contribution in [0.1, 0.15) is 12.5 Å². The molecule has 3 heteroatoms. The maximum atomic E-state index is 13.2. The molecule has 2 nitrogen and oxygen atoms in total. The van der Waals surface area contributed by atoms with E-state index in [0.717, 1.165) is 28.6 Å². The summed E-state index contributed by atoms with van der Waals surface area (Å²) in [7, 11) is 0. The van der Waals surface area contributed by atoms with Gasteiger partial charge in [-0.05, 0) is 43.2 Å². The normalized spacial score (nSPS) is 12.3. The lowest BCUT2D eigenvalue weighted by Crippen LogP contribution is -2.18. The van der Waals surface area contributed by atoms with Gasteiger partial charge in [-0.3, -0.25) is 4.98 Å². The summed E-state index contributed by atoms with van der Waals surface area (Å²) in [6, 6.07) is 17.0. The molecule has 0 saturated heterocycles. The van der Waals surface area contributed by atoms with Gasteiger partial charge in [0.1, 0.15) is 5.82 Å². The number of rotatable bonds is 4. The molecule has 0 spiro atoms. The molecule has 1 heterocycles. The number of benzene rings is 2. The van der Waals surface area contributed by atoms with Crippen LogP contribution in [0.4, 0.5) is 10.1 Å². The van der Waals surface area contributed by atoms with Crippen molar-refractivity contribution in [3.05, 3.63) is 72.2 Å². The Kier molecular flexibility index (Phi) is 3.82. The van der Waals surface area contributed by atoms with Gasteiger partial charge in [-0.25, -0.2) is 4.39 Å². The maximum absolute atomic E-state index is 13.2. The average Bonchev–Trinajstić information content (AvgIpc) is 2.47. The molecule has 0 bridgehead atoms. The van der Waals surface area contributed by atoms with Crippen molar-refractivity contribution < 1.29 is 4.39 Å². The molecule has 0 aliphatic heterocycles. The van der Waals surface area contributed by atoms with Crippen LogP contribution in [-0.2, 0) is 6.42 Å². The Bertz CT molecular complexity index is 750. The molecule has 2 aromatic carbocycles. The van der Waals surface area contributed by atoms with Crippen molar-refractivity contribution in [1.82, 2.24) is 4.98 Å². The van der Waals surface area contributed by atoms with Gasteiger partial charge in [0.15, 0.2) is 0 Å². The summed E-state index contributed by atoms with van der Waals surface area (Å²) in [5, 5.41) is 4.58. The molecule has 106 valence electrons. The van der Waals surface area contributed by atoms with Crippen LogP contribution in [0, 0.1) is 5.82 Å². The molecule has 21 heavy (non-hydrogen) atoms. The van der Waals surface area contributed by atoms with Crippen LogP contribution in [0.3, 0.4) is 0 Å². The molecule has 3 rings (SSSR count). The van der Waals surface area contributed by atoms with Crippen LogP contribution in [0.25, 0.3) is 10.9 Å². The van der Waals surface area contributed by atoms with Gasteiger partial charge in [0.05, 0.1) is 11.2 Å². The summed E-state index contributed by atoms with van der Waals surface area (Å²) < 4.78 is 13.2. The molecule has 0 amide bonds. The third-order valence-corrected chi connectivity index (χ3v) is 3.47. The van der Waals surface area contributed by atoms with Crippen molar-refractivity contribution in [2.45, 2.75) is 19.4 Å². The predicted molar refractivity (Wildman–Crippen MR) is 84.9 cm³/mol. The molecule has 3 aromatic rings. The van der Waals surface area contributed by atoms with Gasteiger partial charge in [-0.1, -0.05) is 30.3 Å². The van der Waals surface area contributed by atoms with Crippen molar-refractivity contribution >= 4 is 16.6 Å². The average molecular weight is 280 g/mol. The fourth-order valence-corrected chi connectivity index (χ4v) is 2.55. The molecule has 0 radical (unpaired) electrons. The largest absolute Gasteiger partial charge is 0.380 e. The van der Waals surface area contributed by atoms with Gasteiger partial charge >= 0.3 is 0 Å². The highest BCUT2D eigenvalue weighted by Crippen LogP contribution is 2.22. The fourth-order valence-electron chi connectivity index (χ4n) is 2.55. The molecule has 0 aliphatic carbocycles. The number of nitrogens with zero attached hydrogens (tertiary/aromatic N) is 1. The summed E-state index contributed by atoms with van der Waals surface area (Å²) in [5.41, 5.74) is 2.96. The lowest BCUT2D eigenvalue weighted by molar-refractivity contribution is 0.624.